The van der Waals surface area contributed by atoms with Gasteiger partial charge in [-0.1, -0.05) is 46.4 Å². The molecule has 0 aliphatic rings. The van der Waals surface area contributed by atoms with Crippen LogP contribution in [0.5, 0.6) is 0 Å². The Morgan fingerprint density at radius 3 is 2.20 bits per heavy atom. The third-order valence-corrected chi connectivity index (χ3v) is 3.02. The van der Waals surface area contributed by atoms with Crippen LogP contribution in [0.25, 0.3) is 0 Å². The number of nitrogens with zero attached hydrogens (tertiary/aromatic N) is 1. The molecule has 0 saturated carbocycles. The second-order valence-corrected chi connectivity index (χ2v) is 4.43. The van der Waals surface area contributed by atoms with Gasteiger partial charge in [0, 0.05) is 17.0 Å². The molecule has 0 heterocycles. The molecule has 0 rings (SSSR count). The van der Waals surface area contributed by atoms with Crippen molar-refractivity contribution in [1.82, 2.24) is 0 Å². The van der Waals surface area contributed by atoms with E-state index in [1.807, 2.05) is 12.2 Å². The maximum Gasteiger partial charge on any atom is 0.0490 e. The highest BCUT2D eigenvalue weighted by Crippen LogP contribution is 2.35. The zero-order valence-electron chi connectivity index (χ0n) is 10.5. The number of hydrogen-bond donors (Lipinski definition) is 0. The molecule has 0 aromatic heterocycles. The lowest BCUT2D eigenvalue weighted by Crippen LogP contribution is -2.15. The number of rotatable bonds is 6. The number of hydrogen-bond acceptors (Lipinski definition) is 1. The van der Waals surface area contributed by atoms with Gasteiger partial charge in [-0.2, -0.15) is 0 Å². The molecule has 0 spiro atoms. The van der Waals surface area contributed by atoms with Crippen LogP contribution in [0, 0.1) is 11.3 Å². The van der Waals surface area contributed by atoms with Gasteiger partial charge in [0.25, 0.3) is 0 Å². The molecule has 1 nitrogen and oxygen atoms in total. The fourth-order valence-electron chi connectivity index (χ4n) is 1.49. The first-order valence-electron chi connectivity index (χ1n) is 5.41. The van der Waals surface area contributed by atoms with Gasteiger partial charge in [-0.15, -0.1) is 6.58 Å². The first-order valence-corrected chi connectivity index (χ1v) is 5.41. The van der Waals surface area contributed by atoms with Crippen LogP contribution in [0.4, 0.5) is 0 Å². The molecule has 1 unspecified atom stereocenters. The quantitative estimate of drug-likeness (QED) is 0.346. The van der Waals surface area contributed by atoms with Crippen molar-refractivity contribution in [3.63, 3.8) is 0 Å². The minimum Gasteiger partial charge on any atom is -0.268 e. The summed E-state index contributed by atoms with van der Waals surface area (Å²) in [5, 5.41) is 0. The van der Waals surface area contributed by atoms with E-state index in [1.165, 1.54) is 0 Å². The normalized spacial score (nSPS) is 15.2. The molecule has 84 valence electrons. The van der Waals surface area contributed by atoms with Crippen molar-refractivity contribution in [1.29, 1.82) is 0 Å². The van der Waals surface area contributed by atoms with E-state index in [2.05, 4.69) is 52.6 Å². The molecular formula is C14H23N. The summed E-state index contributed by atoms with van der Waals surface area (Å²) in [5.41, 5.74) is 2.21. The van der Waals surface area contributed by atoms with E-state index >= 15 is 0 Å². The molecule has 0 aromatic carbocycles. The summed E-state index contributed by atoms with van der Waals surface area (Å²) in [7, 11) is 0. The van der Waals surface area contributed by atoms with Gasteiger partial charge in [0.2, 0.25) is 0 Å². The molecule has 0 saturated heterocycles. The Kier molecular flexibility index (Phi) is 5.27. The highest BCUT2D eigenvalue weighted by Gasteiger charge is 2.24. The van der Waals surface area contributed by atoms with Crippen LogP contribution in [0.3, 0.4) is 0 Å². The summed E-state index contributed by atoms with van der Waals surface area (Å²) in [5.74, 6) is 0.272. The maximum absolute atomic E-state index is 4.18. The summed E-state index contributed by atoms with van der Waals surface area (Å²) in [4.78, 5) is 4.18. The molecule has 15 heavy (non-hydrogen) atoms. The summed E-state index contributed by atoms with van der Waals surface area (Å²) in [6.45, 7) is 19.9. The number of allylic oxidation sites excluding steroid dienone is 4. The fourth-order valence-corrected chi connectivity index (χ4v) is 1.49. The van der Waals surface area contributed by atoms with E-state index in [-0.39, 0.29) is 11.3 Å². The Morgan fingerprint density at radius 2 is 1.93 bits per heavy atom. The molecule has 0 N–H and O–H groups in total. The molecule has 0 aliphatic heterocycles. The van der Waals surface area contributed by atoms with Crippen molar-refractivity contribution in [3.8, 4) is 0 Å². The average Bonchev–Trinajstić information content (AvgIpc) is 2.24. The topological polar surface area (TPSA) is 12.4 Å². The molecule has 1 heteroatoms. The van der Waals surface area contributed by atoms with Crippen LogP contribution in [-0.2, 0) is 0 Å². The van der Waals surface area contributed by atoms with Gasteiger partial charge >= 0.3 is 0 Å². The molecule has 0 bridgehead atoms. The van der Waals surface area contributed by atoms with Crippen molar-refractivity contribution in [3.05, 3.63) is 36.6 Å². The van der Waals surface area contributed by atoms with E-state index < -0.39 is 0 Å². The van der Waals surface area contributed by atoms with Crippen LogP contribution in [0.1, 0.15) is 34.1 Å². The molecule has 0 aromatic rings. The monoisotopic (exact) mass is 205 g/mol. The zero-order chi connectivity index (χ0) is 12.1. The molecule has 1 atom stereocenters. The fraction of sp³-hybridized carbons (Fsp3) is 0.500. The Morgan fingerprint density at radius 1 is 1.40 bits per heavy atom. The predicted octanol–water partition coefficient (Wildman–Crippen LogP) is 4.39. The lowest BCUT2D eigenvalue weighted by Gasteiger charge is -2.27. The molecule has 0 aliphatic carbocycles. The standard InChI is InChI=1S/C14H23N/c1-8-11(4)12(9-2)13(15-7)14(5,6)10-3/h8-9,11H,1-2,7,10H2,3-6H3/b13-12+. The first-order chi connectivity index (χ1) is 6.94. The third-order valence-electron chi connectivity index (χ3n) is 3.02. The van der Waals surface area contributed by atoms with Gasteiger partial charge in [-0.05, 0) is 18.7 Å². The molecule has 0 amide bonds. The summed E-state index contributed by atoms with van der Waals surface area (Å²) < 4.78 is 0. The van der Waals surface area contributed by atoms with Gasteiger partial charge in [0.05, 0.1) is 0 Å². The summed E-state index contributed by atoms with van der Waals surface area (Å²) >= 11 is 0. The van der Waals surface area contributed by atoms with Crippen molar-refractivity contribution < 1.29 is 0 Å². The lowest BCUT2D eigenvalue weighted by molar-refractivity contribution is 0.419. The van der Waals surface area contributed by atoms with Gasteiger partial charge in [0.1, 0.15) is 0 Å². The Labute approximate surface area is 94.3 Å². The highest BCUT2D eigenvalue weighted by atomic mass is 14.7. The van der Waals surface area contributed by atoms with E-state index in [4.69, 9.17) is 0 Å². The van der Waals surface area contributed by atoms with Crippen LogP contribution in [0.15, 0.2) is 41.6 Å². The second-order valence-electron chi connectivity index (χ2n) is 4.43. The zero-order valence-corrected chi connectivity index (χ0v) is 10.5. The van der Waals surface area contributed by atoms with Crippen molar-refractivity contribution in [2.45, 2.75) is 34.1 Å². The number of aliphatic imine (C=N–C) groups is 1. The van der Waals surface area contributed by atoms with E-state index in [0.29, 0.717) is 0 Å². The van der Waals surface area contributed by atoms with Crippen LogP contribution in [0.2, 0.25) is 0 Å². The van der Waals surface area contributed by atoms with Crippen LogP contribution < -0.4 is 0 Å². The van der Waals surface area contributed by atoms with E-state index in [1.54, 1.807) is 0 Å². The predicted molar refractivity (Wildman–Crippen MR) is 70.2 cm³/mol. The van der Waals surface area contributed by atoms with Gasteiger partial charge in [-0.25, -0.2) is 0 Å². The Balaban J connectivity index is 5.53. The second kappa shape index (κ2) is 5.69. The lowest BCUT2D eigenvalue weighted by atomic mass is 9.81. The van der Waals surface area contributed by atoms with Crippen molar-refractivity contribution >= 4 is 6.72 Å². The van der Waals surface area contributed by atoms with Crippen molar-refractivity contribution in [2.75, 3.05) is 0 Å². The SMILES string of the molecule is C=C/C(=C(\N=C)C(C)(C)CC)C(C)C=C. The van der Waals surface area contributed by atoms with Crippen LogP contribution >= 0.6 is 0 Å². The summed E-state index contributed by atoms with van der Waals surface area (Å²) in [6, 6.07) is 0. The van der Waals surface area contributed by atoms with Gasteiger partial charge in [0.15, 0.2) is 0 Å². The minimum absolute atomic E-state index is 0.0442. The van der Waals surface area contributed by atoms with Gasteiger partial charge in [-0.3, -0.25) is 4.99 Å². The van der Waals surface area contributed by atoms with Crippen molar-refractivity contribution in [2.24, 2.45) is 16.3 Å². The minimum atomic E-state index is 0.0442. The maximum atomic E-state index is 4.18. The molecule has 0 fully saturated rings. The molecule has 0 radical (unpaired) electrons. The average molecular weight is 205 g/mol. The first kappa shape index (κ1) is 13.9. The van der Waals surface area contributed by atoms with Gasteiger partial charge < -0.3 is 0 Å². The smallest absolute Gasteiger partial charge is 0.0490 e. The van der Waals surface area contributed by atoms with E-state index in [0.717, 1.165) is 17.7 Å². The summed E-state index contributed by atoms with van der Waals surface area (Å²) in [6.07, 6.45) is 4.81. The Hall–Kier alpha value is -1.11. The van der Waals surface area contributed by atoms with Crippen LogP contribution in [-0.4, -0.2) is 6.72 Å². The van der Waals surface area contributed by atoms with E-state index in [9.17, 15) is 0 Å². The Bertz CT molecular complexity index is 282. The molecular weight excluding hydrogens is 182 g/mol. The largest absolute Gasteiger partial charge is 0.268 e. The third kappa shape index (κ3) is 3.19. The highest BCUT2D eigenvalue weighted by molar-refractivity contribution is 5.38.